The van der Waals surface area contributed by atoms with Crippen molar-refractivity contribution in [3.63, 3.8) is 0 Å². The first kappa shape index (κ1) is 20.1. The third-order valence-electron chi connectivity index (χ3n) is 3.26. The van der Waals surface area contributed by atoms with E-state index in [-0.39, 0.29) is 20.0 Å². The predicted octanol–water partition coefficient (Wildman–Crippen LogP) is 2.76. The van der Waals surface area contributed by atoms with Crippen LogP contribution in [0, 0.1) is 5.41 Å². The Morgan fingerprint density at radius 3 is 1.47 bits per heavy atom. The van der Waals surface area contributed by atoms with Gasteiger partial charge in [0.1, 0.15) is 0 Å². The molecule has 0 radical (unpaired) electrons. The summed E-state index contributed by atoms with van der Waals surface area (Å²) in [6, 6.07) is 0. The van der Waals surface area contributed by atoms with E-state index >= 15 is 0 Å². The van der Waals surface area contributed by atoms with Crippen LogP contribution in [0.4, 0.5) is 0 Å². The SMILES string of the molecule is C[SiH](C)C(C)(C)C.[Li][CH2]C(C)(C)CS(=O)(=O)O. The molecule has 0 rings (SSSR count). The second-order valence-electron chi connectivity index (χ2n) is 6.76. The molecule has 0 aromatic rings. The Labute approximate surface area is 118 Å². The zero-order chi connectivity index (χ0) is 14.5. The molecule has 3 nitrogen and oxygen atoms in total. The Hall–Kier alpha value is 0.724. The first-order valence-corrected chi connectivity index (χ1v) is 10.7. The van der Waals surface area contributed by atoms with Crippen molar-refractivity contribution in [3.05, 3.63) is 0 Å². The van der Waals surface area contributed by atoms with Crippen molar-refractivity contribution >= 4 is 36.6 Å². The summed E-state index contributed by atoms with van der Waals surface area (Å²) in [4.78, 5) is 0. The van der Waals surface area contributed by atoms with Gasteiger partial charge in [-0.2, -0.15) is 0 Å². The second kappa shape index (κ2) is 7.35. The third-order valence-corrected chi connectivity index (χ3v) is 7.87. The molecular weight excluding hydrogens is 247 g/mol. The van der Waals surface area contributed by atoms with Gasteiger partial charge in [-0.25, -0.2) is 0 Å². The van der Waals surface area contributed by atoms with Gasteiger partial charge in [0.2, 0.25) is 0 Å². The molecule has 17 heavy (non-hydrogen) atoms. The van der Waals surface area contributed by atoms with Crippen molar-refractivity contribution in [1.29, 1.82) is 0 Å². The summed E-state index contributed by atoms with van der Waals surface area (Å²) in [7, 11) is -4.15. The fourth-order valence-electron chi connectivity index (χ4n) is 0.596. The fraction of sp³-hybridized carbons (Fsp3) is 1.00. The van der Waals surface area contributed by atoms with Crippen molar-refractivity contribution in [2.75, 3.05) is 5.75 Å². The predicted molar refractivity (Wildman–Crippen MR) is 79.3 cm³/mol. The van der Waals surface area contributed by atoms with Gasteiger partial charge >= 0.3 is 70.9 Å². The van der Waals surface area contributed by atoms with E-state index in [0.29, 0.717) is 5.04 Å². The summed E-state index contributed by atoms with van der Waals surface area (Å²) in [5.74, 6) is -0.156. The van der Waals surface area contributed by atoms with Crippen LogP contribution < -0.4 is 0 Å². The van der Waals surface area contributed by atoms with Crippen LogP contribution in [0.2, 0.25) is 23.2 Å². The monoisotopic (exact) mass is 274 g/mol. The summed E-state index contributed by atoms with van der Waals surface area (Å²) in [5, 5.41) is 1.38. The molecule has 0 amide bonds. The maximum atomic E-state index is 10.4. The molecule has 0 aliphatic rings. The molecule has 0 saturated heterocycles. The third kappa shape index (κ3) is 14.7. The summed E-state index contributed by atoms with van der Waals surface area (Å²) < 4.78 is 29.2. The Morgan fingerprint density at radius 1 is 1.12 bits per heavy atom. The van der Waals surface area contributed by atoms with Gasteiger partial charge < -0.3 is 0 Å². The van der Waals surface area contributed by atoms with E-state index in [2.05, 4.69) is 33.9 Å². The molecule has 0 fully saturated rings. The number of rotatable bonds is 3. The van der Waals surface area contributed by atoms with E-state index in [9.17, 15) is 8.42 Å². The first-order chi connectivity index (χ1) is 7.21. The number of hydrogen-bond acceptors (Lipinski definition) is 2. The van der Waals surface area contributed by atoms with Crippen LogP contribution in [0.1, 0.15) is 34.6 Å². The summed E-state index contributed by atoms with van der Waals surface area (Å²) >= 11 is 1.89. The fourth-order valence-corrected chi connectivity index (χ4v) is 1.79. The summed E-state index contributed by atoms with van der Waals surface area (Å²) in [6.45, 7) is 15.4. The van der Waals surface area contributed by atoms with E-state index < -0.39 is 10.1 Å². The normalized spacial score (nSPS) is 13.4. The zero-order valence-electron chi connectivity index (χ0n) is 12.7. The van der Waals surface area contributed by atoms with Crippen LogP contribution >= 0.6 is 0 Å². The Kier molecular flexibility index (Phi) is 8.67. The topological polar surface area (TPSA) is 54.4 Å². The molecule has 0 bridgehead atoms. The van der Waals surface area contributed by atoms with Crippen molar-refractivity contribution in [2.24, 2.45) is 5.41 Å². The molecular formula is C11H27LiO3SSi. The van der Waals surface area contributed by atoms with Crippen LogP contribution in [-0.2, 0) is 10.1 Å². The minimum atomic E-state index is -3.79. The first-order valence-electron chi connectivity index (χ1n) is 6.16. The molecule has 0 unspecified atom stereocenters. The molecule has 1 N–H and O–H groups in total. The van der Waals surface area contributed by atoms with Crippen LogP contribution in [0.15, 0.2) is 0 Å². The van der Waals surface area contributed by atoms with Gasteiger partial charge in [0, 0.05) is 8.80 Å². The average Bonchev–Trinajstić information content (AvgIpc) is 1.99. The Bertz CT molecular complexity index is 305. The average molecular weight is 274 g/mol. The van der Waals surface area contributed by atoms with Gasteiger partial charge in [-0.1, -0.05) is 33.9 Å². The summed E-state index contributed by atoms with van der Waals surface area (Å²) in [6.07, 6.45) is 0. The minimum absolute atomic E-state index is 0.156. The van der Waals surface area contributed by atoms with Gasteiger partial charge in [-0.3, -0.25) is 0 Å². The molecule has 0 spiro atoms. The van der Waals surface area contributed by atoms with Crippen LogP contribution in [0.25, 0.3) is 0 Å². The Balaban J connectivity index is 0. The van der Waals surface area contributed by atoms with Crippen molar-refractivity contribution in [1.82, 2.24) is 0 Å². The van der Waals surface area contributed by atoms with E-state index in [1.807, 2.05) is 17.7 Å². The van der Waals surface area contributed by atoms with Gasteiger partial charge in [0.25, 0.3) is 0 Å². The quantitative estimate of drug-likeness (QED) is 0.636. The van der Waals surface area contributed by atoms with Gasteiger partial charge in [0.05, 0.1) is 0 Å². The number of hydrogen-bond donors (Lipinski definition) is 1. The molecule has 0 aliphatic heterocycles. The standard InChI is InChI=1S/C6H16Si.C5H11O3S.Li/c1-6(2,3)7(4)5;1-5(2,3)4-9(6,7)8;/h7H,1-5H3;1,4H2,2-3H3,(H,6,7,8);. The molecule has 0 atom stereocenters. The van der Waals surface area contributed by atoms with Gasteiger partial charge in [-0.05, 0) is 5.04 Å². The Morgan fingerprint density at radius 2 is 1.41 bits per heavy atom. The van der Waals surface area contributed by atoms with Crippen molar-refractivity contribution in [3.8, 4) is 0 Å². The summed E-state index contributed by atoms with van der Waals surface area (Å²) in [5.41, 5.74) is -0.312. The van der Waals surface area contributed by atoms with Gasteiger partial charge in [-0.15, -0.1) is 0 Å². The van der Waals surface area contributed by atoms with E-state index in [1.165, 1.54) is 0 Å². The van der Waals surface area contributed by atoms with Crippen LogP contribution in [0.5, 0.6) is 0 Å². The molecule has 0 aromatic heterocycles. The molecule has 6 heteroatoms. The van der Waals surface area contributed by atoms with E-state index in [0.717, 1.165) is 5.09 Å². The van der Waals surface area contributed by atoms with E-state index in [1.54, 1.807) is 13.8 Å². The zero-order valence-corrected chi connectivity index (χ0v) is 14.6. The molecule has 0 aliphatic carbocycles. The molecule has 0 saturated carbocycles. The second-order valence-corrected chi connectivity index (χ2v) is 12.3. The van der Waals surface area contributed by atoms with Crippen molar-refractivity contribution < 1.29 is 13.0 Å². The molecule has 0 heterocycles. The van der Waals surface area contributed by atoms with E-state index in [4.69, 9.17) is 4.55 Å². The molecule has 0 aromatic carbocycles. The van der Waals surface area contributed by atoms with Crippen LogP contribution in [-0.4, -0.2) is 45.2 Å². The maximum absolute atomic E-state index is 10.4. The van der Waals surface area contributed by atoms with Crippen LogP contribution in [0.3, 0.4) is 0 Å². The molecule has 100 valence electrons. The van der Waals surface area contributed by atoms with Crippen molar-refractivity contribution in [2.45, 2.75) is 57.8 Å². The van der Waals surface area contributed by atoms with Gasteiger partial charge in [0.15, 0.2) is 0 Å².